The van der Waals surface area contributed by atoms with Gasteiger partial charge in [0.15, 0.2) is 0 Å². The molecule has 192 valence electrons. The molecular weight excluding hydrogens is 510 g/mol. The Kier molecular flexibility index (Phi) is 8.29. The summed E-state index contributed by atoms with van der Waals surface area (Å²) in [5.74, 6) is -0.461. The van der Waals surface area contributed by atoms with Gasteiger partial charge in [0.2, 0.25) is 10.0 Å². The molecule has 9 nitrogen and oxygen atoms in total. The van der Waals surface area contributed by atoms with Crippen molar-refractivity contribution in [3.05, 3.63) is 94.5 Å². The molecule has 11 heteroatoms. The van der Waals surface area contributed by atoms with Gasteiger partial charge in [-0.2, -0.15) is 0 Å². The average molecular weight is 538 g/mol. The summed E-state index contributed by atoms with van der Waals surface area (Å²) in [4.78, 5) is 17.1. The highest BCUT2D eigenvalue weighted by Crippen LogP contribution is 2.30. The highest BCUT2D eigenvalue weighted by molar-refractivity contribution is 7.89. The van der Waals surface area contributed by atoms with Crippen molar-refractivity contribution < 1.29 is 17.9 Å². The van der Waals surface area contributed by atoms with Gasteiger partial charge in [0, 0.05) is 24.8 Å². The fraction of sp³-hybridized carbons (Fsp3) is 0.192. The van der Waals surface area contributed by atoms with E-state index in [2.05, 4.69) is 15.0 Å². The van der Waals surface area contributed by atoms with Crippen LogP contribution in [0.4, 0.5) is 0 Å². The molecule has 0 saturated carbocycles. The lowest BCUT2D eigenvalue weighted by Gasteiger charge is -2.18. The van der Waals surface area contributed by atoms with Gasteiger partial charge in [0.1, 0.15) is 10.8 Å². The number of benzene rings is 3. The topological polar surface area (TPSA) is 147 Å². The predicted molar refractivity (Wildman–Crippen MR) is 144 cm³/mol. The lowest BCUT2D eigenvalue weighted by atomic mass is 10.0. The second kappa shape index (κ2) is 11.6. The molecule has 4 aromatic rings. The lowest BCUT2D eigenvalue weighted by molar-refractivity contribution is 0.0937. The van der Waals surface area contributed by atoms with Crippen LogP contribution in [0.5, 0.6) is 0 Å². The van der Waals surface area contributed by atoms with Crippen molar-refractivity contribution in [2.45, 2.75) is 17.4 Å². The standard InChI is InChI=1S/C26H27N5O4S2/c1-35-13-12-29-25(32)19-8-5-9-20(16-19)37(33,34)31-22(15-17-6-4-7-18(14-17)24(27)28)26-30-21-10-2-3-11-23(21)36-26/h2-11,14,16,22,31H,12-13,15H2,1H3,(H3,27,28)(H,29,32)/t22-/m1/s1. The summed E-state index contributed by atoms with van der Waals surface area (Å²) < 4.78 is 35.6. The number of hydrogen-bond acceptors (Lipinski definition) is 7. The summed E-state index contributed by atoms with van der Waals surface area (Å²) in [7, 11) is -2.50. The Hall–Kier alpha value is -3.64. The number of methoxy groups -OCH3 is 1. The molecule has 0 radical (unpaired) electrons. The first-order valence-corrected chi connectivity index (χ1v) is 13.7. The Labute approximate surface area is 219 Å². The van der Waals surface area contributed by atoms with E-state index >= 15 is 0 Å². The molecule has 1 amide bonds. The summed E-state index contributed by atoms with van der Waals surface area (Å²) >= 11 is 1.41. The van der Waals surface area contributed by atoms with E-state index in [1.54, 1.807) is 24.3 Å². The quantitative estimate of drug-likeness (QED) is 0.131. The van der Waals surface area contributed by atoms with Crippen LogP contribution in [-0.4, -0.2) is 45.4 Å². The predicted octanol–water partition coefficient (Wildman–Crippen LogP) is 3.22. The molecule has 0 aliphatic rings. The maximum atomic E-state index is 13.5. The zero-order chi connectivity index (χ0) is 26.4. The molecule has 1 heterocycles. The molecule has 0 unspecified atom stereocenters. The highest BCUT2D eigenvalue weighted by Gasteiger charge is 2.25. The van der Waals surface area contributed by atoms with Crippen LogP contribution in [0, 0.1) is 5.41 Å². The number of rotatable bonds is 11. The van der Waals surface area contributed by atoms with Crippen molar-refractivity contribution in [3.8, 4) is 0 Å². The first-order valence-electron chi connectivity index (χ1n) is 11.4. The zero-order valence-corrected chi connectivity index (χ0v) is 21.7. The van der Waals surface area contributed by atoms with Crippen LogP contribution in [-0.2, 0) is 21.2 Å². The van der Waals surface area contributed by atoms with Crippen molar-refractivity contribution in [2.75, 3.05) is 20.3 Å². The van der Waals surface area contributed by atoms with Gasteiger partial charge in [-0.1, -0.05) is 36.4 Å². The molecule has 5 N–H and O–H groups in total. The number of fused-ring (bicyclic) bond motifs is 1. The number of nitrogens with one attached hydrogen (secondary N) is 3. The lowest BCUT2D eigenvalue weighted by Crippen LogP contribution is -2.31. The van der Waals surface area contributed by atoms with E-state index in [0.29, 0.717) is 23.7 Å². The number of nitrogen functional groups attached to an aromatic ring is 1. The van der Waals surface area contributed by atoms with Gasteiger partial charge in [0.05, 0.1) is 27.8 Å². The molecule has 1 atom stereocenters. The molecule has 37 heavy (non-hydrogen) atoms. The van der Waals surface area contributed by atoms with Gasteiger partial charge in [-0.3, -0.25) is 10.2 Å². The van der Waals surface area contributed by atoms with Crippen LogP contribution in [0.25, 0.3) is 10.2 Å². The number of carbonyl (C=O) groups excluding carboxylic acids is 1. The van der Waals surface area contributed by atoms with Gasteiger partial charge >= 0.3 is 0 Å². The third-order valence-corrected chi connectivity index (χ3v) is 8.20. The first-order chi connectivity index (χ1) is 17.8. The number of ether oxygens (including phenoxy) is 1. The number of amidine groups is 1. The summed E-state index contributed by atoms with van der Waals surface area (Å²) in [6.45, 7) is 0.656. The molecule has 1 aromatic heterocycles. The summed E-state index contributed by atoms with van der Waals surface area (Å²) in [5, 5.41) is 11.0. The average Bonchev–Trinajstić information content (AvgIpc) is 3.33. The largest absolute Gasteiger partial charge is 0.384 e. The molecular formula is C26H27N5O4S2. The van der Waals surface area contributed by atoms with Crippen LogP contribution in [0.1, 0.15) is 32.5 Å². The molecule has 0 aliphatic carbocycles. The summed E-state index contributed by atoms with van der Waals surface area (Å²) in [6, 6.07) is 19.9. The molecule has 0 aliphatic heterocycles. The van der Waals surface area contributed by atoms with E-state index in [9.17, 15) is 13.2 Å². The molecule has 0 saturated heterocycles. The number of amides is 1. The number of hydrogen-bond donors (Lipinski definition) is 4. The van der Waals surface area contributed by atoms with Crippen molar-refractivity contribution in [1.29, 1.82) is 5.41 Å². The second-order valence-corrected chi connectivity index (χ2v) is 11.1. The summed E-state index contributed by atoms with van der Waals surface area (Å²) in [5.41, 5.74) is 8.00. The monoisotopic (exact) mass is 537 g/mol. The number of sulfonamides is 1. The summed E-state index contributed by atoms with van der Waals surface area (Å²) in [6.07, 6.45) is 0.289. The number of nitrogens with zero attached hydrogens (tertiary/aromatic N) is 1. The Morgan fingerprint density at radius 1 is 1.08 bits per heavy atom. The fourth-order valence-electron chi connectivity index (χ4n) is 3.75. The Morgan fingerprint density at radius 3 is 2.59 bits per heavy atom. The highest BCUT2D eigenvalue weighted by atomic mass is 32.2. The van der Waals surface area contributed by atoms with Crippen LogP contribution in [0.15, 0.2) is 77.7 Å². The van der Waals surface area contributed by atoms with Crippen molar-refractivity contribution in [3.63, 3.8) is 0 Å². The van der Waals surface area contributed by atoms with Crippen LogP contribution < -0.4 is 15.8 Å². The van der Waals surface area contributed by atoms with Crippen molar-refractivity contribution in [2.24, 2.45) is 5.73 Å². The van der Waals surface area contributed by atoms with E-state index in [-0.39, 0.29) is 22.7 Å². The molecule has 4 rings (SSSR count). The number of nitrogens with two attached hydrogens (primary N) is 1. The second-order valence-electron chi connectivity index (χ2n) is 8.29. The first kappa shape index (κ1) is 26.4. The van der Waals surface area contributed by atoms with E-state index in [1.807, 2.05) is 30.3 Å². The zero-order valence-electron chi connectivity index (χ0n) is 20.1. The van der Waals surface area contributed by atoms with Gasteiger partial charge < -0.3 is 15.8 Å². The maximum absolute atomic E-state index is 13.5. The van der Waals surface area contributed by atoms with E-state index in [4.69, 9.17) is 15.9 Å². The third-order valence-electron chi connectivity index (χ3n) is 5.58. The molecule has 0 spiro atoms. The van der Waals surface area contributed by atoms with Crippen molar-refractivity contribution in [1.82, 2.24) is 15.0 Å². The Bertz CT molecular complexity index is 1500. The smallest absolute Gasteiger partial charge is 0.251 e. The third kappa shape index (κ3) is 6.57. The number of thiazole rings is 1. The van der Waals surface area contributed by atoms with Crippen LogP contribution in [0.3, 0.4) is 0 Å². The number of carbonyl (C=O) groups is 1. The van der Waals surface area contributed by atoms with E-state index < -0.39 is 22.0 Å². The SMILES string of the molecule is COCCNC(=O)c1cccc(S(=O)(=O)N[C@H](Cc2cccc(C(=N)N)c2)c2nc3ccccc3s2)c1. The van der Waals surface area contributed by atoms with Gasteiger partial charge in [-0.25, -0.2) is 18.1 Å². The minimum atomic E-state index is -4.03. The number of para-hydroxylation sites is 1. The van der Waals surface area contributed by atoms with Crippen LogP contribution >= 0.6 is 11.3 Å². The molecule has 0 bridgehead atoms. The van der Waals surface area contributed by atoms with Crippen molar-refractivity contribution >= 4 is 43.3 Å². The van der Waals surface area contributed by atoms with Gasteiger partial charge in [0.25, 0.3) is 5.91 Å². The minimum absolute atomic E-state index is 0.0320. The molecule has 0 fully saturated rings. The number of aromatic nitrogens is 1. The van der Waals surface area contributed by atoms with E-state index in [0.717, 1.165) is 15.8 Å². The Morgan fingerprint density at radius 2 is 1.84 bits per heavy atom. The van der Waals surface area contributed by atoms with Crippen LogP contribution in [0.2, 0.25) is 0 Å². The maximum Gasteiger partial charge on any atom is 0.251 e. The van der Waals surface area contributed by atoms with Gasteiger partial charge in [-0.05, 0) is 48.4 Å². The fourth-order valence-corrected chi connectivity index (χ4v) is 6.09. The normalized spacial score (nSPS) is 12.4. The minimum Gasteiger partial charge on any atom is -0.384 e. The van der Waals surface area contributed by atoms with E-state index in [1.165, 1.54) is 36.6 Å². The van der Waals surface area contributed by atoms with Gasteiger partial charge in [-0.15, -0.1) is 11.3 Å². The Balaban J connectivity index is 1.66. The molecule has 3 aromatic carbocycles.